The van der Waals surface area contributed by atoms with Gasteiger partial charge in [0.05, 0.1) is 12.0 Å². The molecule has 1 heterocycles. The Morgan fingerprint density at radius 2 is 1.83 bits per heavy atom. The van der Waals surface area contributed by atoms with Crippen LogP contribution in [0.25, 0.3) is 0 Å². The number of carbonyl (C=O) groups excluding carboxylic acids is 1. The summed E-state index contributed by atoms with van der Waals surface area (Å²) in [4.78, 5) is 14.2. The first-order chi connectivity index (χ1) is 10.9. The van der Waals surface area contributed by atoms with Crippen LogP contribution in [0.15, 0.2) is 24.3 Å². The maximum Gasteiger partial charge on any atom is 0.416 e. The van der Waals surface area contributed by atoms with E-state index in [-0.39, 0.29) is 12.3 Å². The van der Waals surface area contributed by atoms with Gasteiger partial charge in [-0.2, -0.15) is 13.2 Å². The first-order valence-corrected chi connectivity index (χ1v) is 8.10. The molecule has 1 amide bonds. The molecule has 0 spiro atoms. The largest absolute Gasteiger partial charge is 0.416 e. The number of carbonyl (C=O) groups is 1. The minimum absolute atomic E-state index is 0.0239. The Kier molecular flexibility index (Phi) is 6.45. The first kappa shape index (κ1) is 17.8. The zero-order chi connectivity index (χ0) is 16.7. The van der Waals surface area contributed by atoms with Crippen LogP contribution in [0.4, 0.5) is 13.2 Å². The lowest BCUT2D eigenvalue weighted by molar-refractivity contribution is -0.137. The lowest BCUT2D eigenvalue weighted by atomic mass is 10.1. The normalized spacial score (nSPS) is 16.8. The monoisotopic (exact) mass is 328 g/mol. The van der Waals surface area contributed by atoms with Crippen LogP contribution in [0.5, 0.6) is 0 Å². The van der Waals surface area contributed by atoms with Crippen molar-refractivity contribution in [1.29, 1.82) is 0 Å². The molecule has 3 nitrogen and oxygen atoms in total. The molecule has 0 unspecified atom stereocenters. The van der Waals surface area contributed by atoms with E-state index in [1.165, 1.54) is 31.7 Å². The van der Waals surface area contributed by atoms with E-state index >= 15 is 0 Å². The molecular formula is C17H23F3N2O. The summed E-state index contributed by atoms with van der Waals surface area (Å²) in [5.41, 5.74) is -0.334. The van der Waals surface area contributed by atoms with Gasteiger partial charge in [-0.1, -0.05) is 31.0 Å². The first-order valence-electron chi connectivity index (χ1n) is 8.10. The molecule has 0 bridgehead atoms. The molecule has 0 atom stereocenters. The SMILES string of the molecule is O=C(Cc1cccc(C(F)(F)F)c1)NCCN1CCCCCC1. The van der Waals surface area contributed by atoms with Crippen molar-refractivity contribution in [2.24, 2.45) is 0 Å². The molecule has 0 saturated carbocycles. The Bertz CT molecular complexity index is 509. The Hall–Kier alpha value is -1.56. The van der Waals surface area contributed by atoms with Crippen LogP contribution < -0.4 is 5.32 Å². The fourth-order valence-corrected chi connectivity index (χ4v) is 2.82. The Morgan fingerprint density at radius 3 is 2.48 bits per heavy atom. The van der Waals surface area contributed by atoms with E-state index in [2.05, 4.69) is 10.2 Å². The van der Waals surface area contributed by atoms with Gasteiger partial charge in [-0.25, -0.2) is 0 Å². The molecule has 1 N–H and O–H groups in total. The van der Waals surface area contributed by atoms with E-state index in [0.717, 1.165) is 31.8 Å². The van der Waals surface area contributed by atoms with Gasteiger partial charge < -0.3 is 10.2 Å². The van der Waals surface area contributed by atoms with Crippen molar-refractivity contribution in [2.75, 3.05) is 26.2 Å². The van der Waals surface area contributed by atoms with Crippen molar-refractivity contribution in [3.8, 4) is 0 Å². The number of benzene rings is 1. The fourth-order valence-electron chi connectivity index (χ4n) is 2.82. The Labute approximate surface area is 134 Å². The summed E-state index contributed by atoms with van der Waals surface area (Å²) in [6.45, 7) is 3.46. The smallest absolute Gasteiger partial charge is 0.355 e. The molecule has 1 aromatic carbocycles. The van der Waals surface area contributed by atoms with Crippen molar-refractivity contribution in [3.05, 3.63) is 35.4 Å². The highest BCUT2D eigenvalue weighted by Gasteiger charge is 2.30. The van der Waals surface area contributed by atoms with Gasteiger partial charge in [0.15, 0.2) is 0 Å². The molecule has 0 aromatic heterocycles. The minimum atomic E-state index is -4.38. The summed E-state index contributed by atoms with van der Waals surface area (Å²) >= 11 is 0. The van der Waals surface area contributed by atoms with Crippen LogP contribution in [-0.2, 0) is 17.4 Å². The molecule has 6 heteroatoms. The number of amides is 1. The van der Waals surface area contributed by atoms with Gasteiger partial charge in [0.25, 0.3) is 0 Å². The van der Waals surface area contributed by atoms with Crippen molar-refractivity contribution in [3.63, 3.8) is 0 Å². The zero-order valence-corrected chi connectivity index (χ0v) is 13.2. The van der Waals surface area contributed by atoms with Crippen LogP contribution in [0.3, 0.4) is 0 Å². The number of halogens is 3. The molecule has 23 heavy (non-hydrogen) atoms. The van der Waals surface area contributed by atoms with E-state index in [0.29, 0.717) is 12.1 Å². The number of nitrogens with one attached hydrogen (secondary N) is 1. The lowest BCUT2D eigenvalue weighted by Crippen LogP contribution is -2.36. The molecule has 1 saturated heterocycles. The average molecular weight is 328 g/mol. The third-order valence-electron chi connectivity index (χ3n) is 4.07. The second kappa shape index (κ2) is 8.34. The second-order valence-corrected chi connectivity index (χ2v) is 5.98. The summed E-state index contributed by atoms with van der Waals surface area (Å²) in [5.74, 6) is -0.237. The van der Waals surface area contributed by atoms with Gasteiger partial charge in [0, 0.05) is 13.1 Å². The van der Waals surface area contributed by atoms with Crippen LogP contribution in [-0.4, -0.2) is 37.0 Å². The third-order valence-corrected chi connectivity index (χ3v) is 4.07. The van der Waals surface area contributed by atoms with Gasteiger partial charge in [0.1, 0.15) is 0 Å². The maximum atomic E-state index is 12.6. The molecule has 1 aromatic rings. The van der Waals surface area contributed by atoms with E-state index in [1.54, 1.807) is 6.07 Å². The molecule has 128 valence electrons. The number of rotatable bonds is 5. The van der Waals surface area contributed by atoms with Crippen LogP contribution in [0, 0.1) is 0 Å². The highest BCUT2D eigenvalue weighted by atomic mass is 19.4. The van der Waals surface area contributed by atoms with Gasteiger partial charge in [-0.15, -0.1) is 0 Å². The standard InChI is InChI=1S/C17H23F3N2O/c18-17(19,20)15-7-5-6-14(12-15)13-16(23)21-8-11-22-9-3-1-2-4-10-22/h5-7,12H,1-4,8-11,13H2,(H,21,23). The summed E-state index contributed by atoms with van der Waals surface area (Å²) in [5, 5.41) is 2.80. The Balaban J connectivity index is 1.76. The summed E-state index contributed by atoms with van der Waals surface area (Å²) < 4.78 is 37.9. The molecule has 1 fully saturated rings. The van der Waals surface area contributed by atoms with Crippen molar-refractivity contribution < 1.29 is 18.0 Å². The van der Waals surface area contributed by atoms with Crippen LogP contribution in [0.1, 0.15) is 36.8 Å². The lowest BCUT2D eigenvalue weighted by Gasteiger charge is -2.19. The minimum Gasteiger partial charge on any atom is -0.355 e. The number of hydrogen-bond donors (Lipinski definition) is 1. The molecule has 0 aliphatic carbocycles. The summed E-state index contributed by atoms with van der Waals surface area (Å²) in [6, 6.07) is 4.93. The highest BCUT2D eigenvalue weighted by Crippen LogP contribution is 2.29. The van der Waals surface area contributed by atoms with Gasteiger partial charge in [-0.3, -0.25) is 4.79 Å². The third kappa shape index (κ3) is 6.22. The molecule has 0 radical (unpaired) electrons. The van der Waals surface area contributed by atoms with E-state index in [4.69, 9.17) is 0 Å². The van der Waals surface area contributed by atoms with E-state index in [9.17, 15) is 18.0 Å². The fraction of sp³-hybridized carbons (Fsp3) is 0.588. The van der Waals surface area contributed by atoms with Crippen molar-refractivity contribution in [1.82, 2.24) is 10.2 Å². The molecule has 1 aliphatic rings. The summed E-state index contributed by atoms with van der Waals surface area (Å²) in [7, 11) is 0. The molecule has 2 rings (SSSR count). The number of hydrogen-bond acceptors (Lipinski definition) is 2. The van der Waals surface area contributed by atoms with E-state index in [1.807, 2.05) is 0 Å². The van der Waals surface area contributed by atoms with Gasteiger partial charge in [-0.05, 0) is 37.6 Å². The number of likely N-dealkylation sites (tertiary alicyclic amines) is 1. The highest BCUT2D eigenvalue weighted by molar-refractivity contribution is 5.78. The zero-order valence-electron chi connectivity index (χ0n) is 13.2. The Morgan fingerprint density at radius 1 is 1.13 bits per heavy atom. The summed E-state index contributed by atoms with van der Waals surface area (Å²) in [6.07, 6.45) is 0.510. The average Bonchev–Trinajstić information content (AvgIpc) is 2.75. The second-order valence-electron chi connectivity index (χ2n) is 5.98. The van der Waals surface area contributed by atoms with Crippen LogP contribution in [0.2, 0.25) is 0 Å². The quantitative estimate of drug-likeness (QED) is 0.900. The number of alkyl halides is 3. The van der Waals surface area contributed by atoms with Crippen LogP contribution >= 0.6 is 0 Å². The van der Waals surface area contributed by atoms with Gasteiger partial charge >= 0.3 is 6.18 Å². The van der Waals surface area contributed by atoms with Crippen molar-refractivity contribution in [2.45, 2.75) is 38.3 Å². The van der Waals surface area contributed by atoms with E-state index < -0.39 is 11.7 Å². The molecule has 1 aliphatic heterocycles. The van der Waals surface area contributed by atoms with Gasteiger partial charge in [0.2, 0.25) is 5.91 Å². The predicted octanol–water partition coefficient (Wildman–Crippen LogP) is 3.24. The maximum absolute atomic E-state index is 12.6. The molecular weight excluding hydrogens is 305 g/mol. The predicted molar refractivity (Wildman–Crippen MR) is 83.1 cm³/mol. The topological polar surface area (TPSA) is 32.3 Å². The van der Waals surface area contributed by atoms with Crippen molar-refractivity contribution >= 4 is 5.91 Å². The number of nitrogens with zero attached hydrogens (tertiary/aromatic N) is 1.